The minimum Gasteiger partial charge on any atom is -0.489 e. The molecule has 0 atom stereocenters. The van der Waals surface area contributed by atoms with Crippen LogP contribution in [0.2, 0.25) is 0 Å². The van der Waals surface area contributed by atoms with E-state index in [1.165, 1.54) is 29.8 Å². The monoisotopic (exact) mass is 571 g/mol. The van der Waals surface area contributed by atoms with Gasteiger partial charge < -0.3 is 19.8 Å². The first-order valence-corrected chi connectivity index (χ1v) is 13.6. The Bertz CT molecular complexity index is 1320. The number of ether oxygens (including phenoxy) is 1. The van der Waals surface area contributed by atoms with Crippen LogP contribution in [0.4, 0.5) is 4.39 Å². The predicted molar refractivity (Wildman–Crippen MR) is 143 cm³/mol. The standard InChI is InChI=1S/C28H31BrFN3O4/c29-24-13-18(1-4-26(24)36-21-5-9-31-10-6-21)17-33-11-7-20(8-12-33)32-28(35)16-22-15-25(34)23-3-2-19(30)14-27(23)37-22/h1-4,13-15,20-21,31H,5-12,16-17H2,(H,32,35). The average Bonchev–Trinajstić information content (AvgIpc) is 2.87. The molecule has 3 aromatic rings. The van der Waals surface area contributed by atoms with E-state index in [4.69, 9.17) is 9.15 Å². The van der Waals surface area contributed by atoms with E-state index in [1.54, 1.807) is 0 Å². The van der Waals surface area contributed by atoms with Crippen LogP contribution in [0.5, 0.6) is 5.75 Å². The molecule has 1 amide bonds. The fraction of sp³-hybridized carbons (Fsp3) is 0.429. The molecule has 0 saturated carbocycles. The smallest absolute Gasteiger partial charge is 0.227 e. The van der Waals surface area contributed by atoms with E-state index in [2.05, 4.69) is 43.6 Å². The largest absolute Gasteiger partial charge is 0.489 e. The van der Waals surface area contributed by atoms with Gasteiger partial charge in [0.05, 0.1) is 16.3 Å². The molecule has 196 valence electrons. The molecule has 2 saturated heterocycles. The lowest BCUT2D eigenvalue weighted by Crippen LogP contribution is -2.44. The van der Waals surface area contributed by atoms with Gasteiger partial charge >= 0.3 is 0 Å². The normalized spacial score (nSPS) is 17.7. The SMILES string of the molecule is O=C(Cc1cc(=O)c2ccc(F)cc2o1)NC1CCN(Cc2ccc(OC3CCNCC3)c(Br)c2)CC1. The quantitative estimate of drug-likeness (QED) is 0.443. The molecule has 7 nitrogen and oxygen atoms in total. The van der Waals surface area contributed by atoms with Crippen LogP contribution in [-0.4, -0.2) is 49.1 Å². The molecular weight excluding hydrogens is 541 g/mol. The van der Waals surface area contributed by atoms with Crippen molar-refractivity contribution in [2.45, 2.75) is 50.8 Å². The van der Waals surface area contributed by atoms with Crippen molar-refractivity contribution in [3.63, 3.8) is 0 Å². The zero-order valence-corrected chi connectivity index (χ0v) is 22.2. The average molecular weight is 572 g/mol. The summed E-state index contributed by atoms with van der Waals surface area (Å²) in [6.07, 6.45) is 3.94. The van der Waals surface area contributed by atoms with Crippen LogP contribution in [0.15, 0.2) is 56.1 Å². The third kappa shape index (κ3) is 6.77. The number of rotatable bonds is 7. The first-order valence-electron chi connectivity index (χ1n) is 12.8. The van der Waals surface area contributed by atoms with Crippen molar-refractivity contribution in [3.05, 3.63) is 74.3 Å². The lowest BCUT2D eigenvalue weighted by molar-refractivity contribution is -0.121. The van der Waals surface area contributed by atoms with E-state index in [0.717, 1.165) is 68.6 Å². The Morgan fingerprint density at radius 3 is 2.65 bits per heavy atom. The summed E-state index contributed by atoms with van der Waals surface area (Å²) in [5.41, 5.74) is 1.09. The molecule has 2 aliphatic heterocycles. The molecule has 2 aromatic carbocycles. The number of nitrogens with one attached hydrogen (secondary N) is 2. The highest BCUT2D eigenvalue weighted by atomic mass is 79.9. The molecule has 0 bridgehead atoms. The van der Waals surface area contributed by atoms with E-state index in [-0.39, 0.29) is 41.2 Å². The Labute approximate surface area is 223 Å². The van der Waals surface area contributed by atoms with Crippen LogP contribution in [0.3, 0.4) is 0 Å². The number of likely N-dealkylation sites (tertiary alicyclic amines) is 1. The van der Waals surface area contributed by atoms with Gasteiger partial charge in [-0.2, -0.15) is 0 Å². The van der Waals surface area contributed by atoms with Gasteiger partial charge in [0.1, 0.15) is 29.0 Å². The van der Waals surface area contributed by atoms with Crippen molar-refractivity contribution in [1.82, 2.24) is 15.5 Å². The maximum Gasteiger partial charge on any atom is 0.227 e. The molecule has 0 unspecified atom stereocenters. The van der Waals surface area contributed by atoms with E-state index >= 15 is 0 Å². The second-order valence-electron chi connectivity index (χ2n) is 9.84. The molecule has 0 aliphatic carbocycles. The molecule has 37 heavy (non-hydrogen) atoms. The van der Waals surface area contributed by atoms with Crippen molar-refractivity contribution in [2.24, 2.45) is 0 Å². The highest BCUT2D eigenvalue weighted by Gasteiger charge is 2.22. The number of halogens is 2. The Hall–Kier alpha value is -2.75. The Morgan fingerprint density at radius 2 is 1.89 bits per heavy atom. The molecule has 2 aliphatic rings. The van der Waals surface area contributed by atoms with Gasteiger partial charge in [-0.05, 0) is 84.5 Å². The van der Waals surface area contributed by atoms with Crippen LogP contribution in [-0.2, 0) is 17.8 Å². The summed E-state index contributed by atoms with van der Waals surface area (Å²) in [7, 11) is 0. The summed E-state index contributed by atoms with van der Waals surface area (Å²) < 4.78 is 26.3. The maximum atomic E-state index is 13.5. The van der Waals surface area contributed by atoms with E-state index < -0.39 is 5.82 Å². The maximum absolute atomic E-state index is 13.5. The predicted octanol–water partition coefficient (Wildman–Crippen LogP) is 4.15. The minimum absolute atomic E-state index is 0.0538. The Kier molecular flexibility index (Phi) is 8.22. The molecule has 0 spiro atoms. The van der Waals surface area contributed by atoms with Gasteiger partial charge in [0, 0.05) is 37.8 Å². The van der Waals surface area contributed by atoms with Gasteiger partial charge in [-0.15, -0.1) is 0 Å². The summed E-state index contributed by atoms with van der Waals surface area (Å²) in [5, 5.41) is 6.71. The first-order chi connectivity index (χ1) is 17.9. The third-order valence-electron chi connectivity index (χ3n) is 7.01. The zero-order valence-electron chi connectivity index (χ0n) is 20.6. The van der Waals surface area contributed by atoms with Crippen LogP contribution in [0, 0.1) is 5.82 Å². The number of amides is 1. The van der Waals surface area contributed by atoms with Crippen molar-refractivity contribution in [1.29, 1.82) is 0 Å². The van der Waals surface area contributed by atoms with E-state index in [9.17, 15) is 14.0 Å². The van der Waals surface area contributed by atoms with Crippen LogP contribution in [0.1, 0.15) is 37.0 Å². The number of hydrogen-bond acceptors (Lipinski definition) is 6. The molecule has 2 fully saturated rings. The summed E-state index contributed by atoms with van der Waals surface area (Å²) in [6.45, 7) is 4.59. The number of benzene rings is 2. The van der Waals surface area contributed by atoms with E-state index in [1.807, 2.05) is 6.07 Å². The Morgan fingerprint density at radius 1 is 1.11 bits per heavy atom. The lowest BCUT2D eigenvalue weighted by atomic mass is 10.0. The van der Waals surface area contributed by atoms with Gasteiger partial charge in [0.15, 0.2) is 5.43 Å². The van der Waals surface area contributed by atoms with Crippen LogP contribution in [0.25, 0.3) is 11.0 Å². The number of carbonyl (C=O) groups excluding carboxylic acids is 1. The first kappa shape index (κ1) is 25.9. The number of piperidine rings is 2. The second kappa shape index (κ2) is 11.8. The summed E-state index contributed by atoms with van der Waals surface area (Å²) >= 11 is 3.67. The number of fused-ring (bicyclic) bond motifs is 1. The fourth-order valence-electron chi connectivity index (χ4n) is 5.03. The van der Waals surface area contributed by atoms with E-state index in [0.29, 0.717) is 5.39 Å². The fourth-order valence-corrected chi connectivity index (χ4v) is 5.55. The highest BCUT2D eigenvalue weighted by molar-refractivity contribution is 9.10. The number of carbonyl (C=O) groups is 1. The summed E-state index contributed by atoms with van der Waals surface area (Å²) in [4.78, 5) is 27.2. The summed E-state index contributed by atoms with van der Waals surface area (Å²) in [6, 6.07) is 11.5. The summed E-state index contributed by atoms with van der Waals surface area (Å²) in [5.74, 6) is 0.434. The molecule has 3 heterocycles. The molecule has 2 N–H and O–H groups in total. The van der Waals surface area contributed by atoms with Gasteiger partial charge in [-0.3, -0.25) is 14.5 Å². The molecular formula is C28H31BrFN3O4. The minimum atomic E-state index is -0.488. The van der Waals surface area contributed by atoms with Gasteiger partial charge in [-0.1, -0.05) is 6.07 Å². The lowest BCUT2D eigenvalue weighted by Gasteiger charge is -2.32. The van der Waals surface area contributed by atoms with Crippen LogP contribution >= 0.6 is 15.9 Å². The number of nitrogens with zero attached hydrogens (tertiary/aromatic N) is 1. The molecule has 0 radical (unpaired) electrons. The van der Waals surface area contributed by atoms with Crippen molar-refractivity contribution in [2.75, 3.05) is 26.2 Å². The van der Waals surface area contributed by atoms with Crippen molar-refractivity contribution in [3.8, 4) is 5.75 Å². The second-order valence-corrected chi connectivity index (χ2v) is 10.7. The molecule has 9 heteroatoms. The van der Waals surface area contributed by atoms with Crippen LogP contribution < -0.4 is 20.8 Å². The highest BCUT2D eigenvalue weighted by Crippen LogP contribution is 2.29. The van der Waals surface area contributed by atoms with Gasteiger partial charge in [-0.25, -0.2) is 4.39 Å². The Balaban J connectivity index is 1.09. The molecule has 5 rings (SSSR count). The van der Waals surface area contributed by atoms with Gasteiger partial charge in [0.25, 0.3) is 0 Å². The zero-order chi connectivity index (χ0) is 25.8. The molecule has 1 aromatic heterocycles. The van der Waals surface area contributed by atoms with Crippen molar-refractivity contribution < 1.29 is 18.3 Å². The van der Waals surface area contributed by atoms with Gasteiger partial charge in [0.2, 0.25) is 5.91 Å². The third-order valence-corrected chi connectivity index (χ3v) is 7.63. The topological polar surface area (TPSA) is 83.8 Å². The number of hydrogen-bond donors (Lipinski definition) is 2. The van der Waals surface area contributed by atoms with Crippen molar-refractivity contribution >= 4 is 32.8 Å².